The molecular formula is C18H25NaO6S. The molecule has 1 unspecified atom stereocenters. The van der Waals surface area contributed by atoms with Crippen LogP contribution >= 0.6 is 0 Å². The van der Waals surface area contributed by atoms with E-state index in [1.165, 1.54) is 16.7 Å². The van der Waals surface area contributed by atoms with Gasteiger partial charge in [-0.2, -0.15) is 8.42 Å². The Balaban J connectivity index is 0.00000196. The van der Waals surface area contributed by atoms with E-state index in [1.807, 2.05) is 6.07 Å². The Hall–Kier alpha value is 0.01000. The van der Waals surface area contributed by atoms with E-state index in [0.717, 1.165) is 31.2 Å². The molecule has 0 aromatic heterocycles. The van der Waals surface area contributed by atoms with Crippen LogP contribution in [-0.4, -0.2) is 64.6 Å². The van der Waals surface area contributed by atoms with Crippen LogP contribution in [0.25, 0.3) is 0 Å². The molecule has 3 aliphatic rings. The third kappa shape index (κ3) is 3.42. The van der Waals surface area contributed by atoms with Crippen LogP contribution in [0.3, 0.4) is 0 Å². The summed E-state index contributed by atoms with van der Waals surface area (Å²) in [5.74, 6) is -1.53. The quantitative estimate of drug-likeness (QED) is 0.397. The first-order chi connectivity index (χ1) is 11.6. The van der Waals surface area contributed by atoms with E-state index in [0.29, 0.717) is 12.3 Å². The zero-order valence-electron chi connectivity index (χ0n) is 14.2. The van der Waals surface area contributed by atoms with Crippen LogP contribution in [0.5, 0.6) is 0 Å². The summed E-state index contributed by atoms with van der Waals surface area (Å²) in [6, 6.07) is 4.00. The number of hydrogen-bond donors (Lipinski definition) is 3. The first kappa shape index (κ1) is 20.7. The molecule has 26 heavy (non-hydrogen) atoms. The summed E-state index contributed by atoms with van der Waals surface area (Å²) >= 11 is 0. The van der Waals surface area contributed by atoms with E-state index in [-0.39, 0.29) is 53.9 Å². The molecule has 0 bridgehead atoms. The van der Waals surface area contributed by atoms with E-state index in [2.05, 4.69) is 17.2 Å². The van der Waals surface area contributed by atoms with E-state index in [1.54, 1.807) is 0 Å². The Bertz CT molecular complexity index is 825. The maximum atomic E-state index is 11.0. The average Bonchev–Trinajstić information content (AvgIpc) is 2.80. The van der Waals surface area contributed by atoms with Crippen LogP contribution < -0.4 is 0 Å². The van der Waals surface area contributed by atoms with Gasteiger partial charge in [0.25, 0.3) is 0 Å². The molecule has 8 heteroatoms. The Morgan fingerprint density at radius 2 is 1.85 bits per heavy atom. The van der Waals surface area contributed by atoms with Crippen LogP contribution in [0.1, 0.15) is 60.8 Å². The van der Waals surface area contributed by atoms with Gasteiger partial charge in [0.1, 0.15) is 0 Å². The Morgan fingerprint density at radius 3 is 2.54 bits per heavy atom. The van der Waals surface area contributed by atoms with Crippen LogP contribution in [0.4, 0.5) is 0 Å². The van der Waals surface area contributed by atoms with Crippen LogP contribution in [0, 0.1) is 5.41 Å². The van der Waals surface area contributed by atoms with Gasteiger partial charge in [0.05, 0.1) is 6.10 Å². The Kier molecular flexibility index (Phi) is 5.43. The van der Waals surface area contributed by atoms with Crippen molar-refractivity contribution in [2.24, 2.45) is 5.41 Å². The van der Waals surface area contributed by atoms with Crippen LogP contribution in [-0.2, 0) is 33.8 Å². The van der Waals surface area contributed by atoms with Crippen molar-refractivity contribution in [3.05, 3.63) is 34.4 Å². The molecule has 1 fully saturated rings. The monoisotopic (exact) mass is 392 g/mol. The summed E-state index contributed by atoms with van der Waals surface area (Å²) in [7, 11) is -4.71. The molecular weight excluding hydrogens is 367 g/mol. The molecule has 0 aliphatic heterocycles. The van der Waals surface area contributed by atoms with Gasteiger partial charge in [-0.05, 0) is 60.3 Å². The van der Waals surface area contributed by atoms with Crippen molar-refractivity contribution in [2.75, 3.05) is 0 Å². The van der Waals surface area contributed by atoms with Crippen molar-refractivity contribution >= 4 is 40.0 Å². The molecule has 0 saturated heterocycles. The number of aliphatic hydroxyl groups excluding tert-OH is 1. The second-order valence-electron chi connectivity index (χ2n) is 8.06. The summed E-state index contributed by atoms with van der Waals surface area (Å²) < 4.78 is 35.4. The molecule has 6 nitrogen and oxygen atoms in total. The zero-order chi connectivity index (χ0) is 18.0. The number of hydrogen-bond acceptors (Lipinski definition) is 5. The molecule has 4 rings (SSSR count). The van der Waals surface area contributed by atoms with Crippen molar-refractivity contribution in [2.45, 2.75) is 69.7 Å². The Morgan fingerprint density at radius 1 is 1.15 bits per heavy atom. The molecule has 0 spiro atoms. The number of fused-ring (bicyclic) bond motifs is 5. The predicted octanol–water partition coefficient (Wildman–Crippen LogP) is 1.23. The van der Waals surface area contributed by atoms with Gasteiger partial charge < -0.3 is 10.2 Å². The second-order valence-corrected chi connectivity index (χ2v) is 9.08. The number of rotatable bonds is 2. The van der Waals surface area contributed by atoms with Crippen molar-refractivity contribution in [3.63, 3.8) is 0 Å². The standard InChI is InChI=1S/C18H24O6S.Na.H/c1-17-8-6-13-12-7-9-18(20,24-25(21,22)23)10-11(12)2-3-14(13)15(17)4-5-16(17)19;;/h2-3,15-16,19-20H,4-10H2,1H3,(H,21,22,23);;/t15?,16-,17+,18-;;/m1../s1. The van der Waals surface area contributed by atoms with Crippen LogP contribution in [0.15, 0.2) is 12.1 Å². The summed E-state index contributed by atoms with van der Waals surface area (Å²) in [4.78, 5) is 0. The second kappa shape index (κ2) is 6.81. The molecule has 3 aliphatic carbocycles. The van der Waals surface area contributed by atoms with E-state index < -0.39 is 16.2 Å². The SMILES string of the molecule is C[C@]12CCc3c(ccc4c3CC[C@@](O)(OS(=O)(=O)O)C4)C1CC[C@H]2O.[NaH]. The predicted molar refractivity (Wildman–Crippen MR) is 97.6 cm³/mol. The summed E-state index contributed by atoms with van der Waals surface area (Å²) in [5, 5.41) is 20.8. The minimum atomic E-state index is -4.71. The van der Waals surface area contributed by atoms with Gasteiger partial charge in [-0.1, -0.05) is 19.1 Å². The fourth-order valence-electron chi connectivity index (χ4n) is 5.29. The fourth-order valence-corrected chi connectivity index (χ4v) is 5.83. The van der Waals surface area contributed by atoms with Gasteiger partial charge in [0.15, 0.2) is 5.79 Å². The topological polar surface area (TPSA) is 104 Å². The summed E-state index contributed by atoms with van der Waals surface area (Å²) in [6.45, 7) is 2.18. The molecule has 3 N–H and O–H groups in total. The maximum absolute atomic E-state index is 11.0. The van der Waals surface area contributed by atoms with Gasteiger partial charge >= 0.3 is 40.0 Å². The zero-order valence-corrected chi connectivity index (χ0v) is 15.1. The van der Waals surface area contributed by atoms with Crippen LogP contribution in [0.2, 0.25) is 0 Å². The first-order valence-electron chi connectivity index (χ1n) is 8.83. The molecule has 1 saturated carbocycles. The van der Waals surface area contributed by atoms with E-state index in [4.69, 9.17) is 4.55 Å². The molecule has 4 atom stereocenters. The van der Waals surface area contributed by atoms with Gasteiger partial charge in [-0.3, -0.25) is 4.55 Å². The summed E-state index contributed by atoms with van der Waals surface area (Å²) in [5.41, 5.74) is 4.57. The van der Waals surface area contributed by atoms with Crippen molar-refractivity contribution in [1.82, 2.24) is 0 Å². The van der Waals surface area contributed by atoms with Crippen molar-refractivity contribution in [1.29, 1.82) is 0 Å². The number of aliphatic hydroxyl groups is 2. The van der Waals surface area contributed by atoms with E-state index in [9.17, 15) is 18.6 Å². The van der Waals surface area contributed by atoms with Crippen molar-refractivity contribution in [3.8, 4) is 0 Å². The molecule has 1 aromatic carbocycles. The molecule has 140 valence electrons. The molecule has 1 aromatic rings. The minimum absolute atomic E-state index is 0. The Labute approximate surface area is 176 Å². The molecule has 0 amide bonds. The average molecular weight is 392 g/mol. The normalized spacial score (nSPS) is 35.8. The van der Waals surface area contributed by atoms with Gasteiger partial charge in [-0.25, -0.2) is 4.18 Å². The van der Waals surface area contributed by atoms with Gasteiger partial charge in [0.2, 0.25) is 0 Å². The van der Waals surface area contributed by atoms with Gasteiger partial charge in [0, 0.05) is 18.3 Å². The first-order valence-corrected chi connectivity index (χ1v) is 10.2. The van der Waals surface area contributed by atoms with E-state index >= 15 is 0 Å². The fraction of sp³-hybridized carbons (Fsp3) is 0.667. The molecule has 0 heterocycles. The third-order valence-electron chi connectivity index (χ3n) is 6.63. The third-order valence-corrected chi connectivity index (χ3v) is 7.15. The van der Waals surface area contributed by atoms with Gasteiger partial charge in [-0.15, -0.1) is 0 Å². The molecule has 0 radical (unpaired) electrons. The van der Waals surface area contributed by atoms with Crippen molar-refractivity contribution < 1.29 is 27.4 Å². The summed E-state index contributed by atoms with van der Waals surface area (Å²) in [6.07, 6.45) is 4.07. The number of benzene rings is 1.